The van der Waals surface area contributed by atoms with Gasteiger partial charge in [0, 0.05) is 38.7 Å². The molecular weight excluding hydrogens is 271 g/mol. The molecule has 0 aliphatic carbocycles. The summed E-state index contributed by atoms with van der Waals surface area (Å²) in [7, 11) is 1.75. The summed E-state index contributed by atoms with van der Waals surface area (Å²) in [5.74, 6) is 0.280. The molecule has 0 bridgehead atoms. The predicted molar refractivity (Wildman–Crippen MR) is 78.8 cm³/mol. The Kier molecular flexibility index (Phi) is 4.35. The number of piperidine rings is 1. The standard InChI is InChI=1S/C15H23FN4O/c1-21-8-7-19-6-4-15(11-19)3-2-5-20(12-15)14-17-9-13(16)10-18-14/h9-10H,2-8,11-12H2,1H3/t15-/m0/s1. The van der Waals surface area contributed by atoms with Gasteiger partial charge < -0.3 is 14.5 Å². The third-order valence-electron chi connectivity index (χ3n) is 4.68. The molecule has 5 nitrogen and oxygen atoms in total. The maximum Gasteiger partial charge on any atom is 0.225 e. The summed E-state index contributed by atoms with van der Waals surface area (Å²) in [5.41, 5.74) is 0.337. The molecular formula is C15H23FN4O. The van der Waals surface area contributed by atoms with Gasteiger partial charge in [-0.3, -0.25) is 0 Å². The van der Waals surface area contributed by atoms with Gasteiger partial charge in [-0.15, -0.1) is 0 Å². The number of hydrogen-bond acceptors (Lipinski definition) is 5. The number of nitrogens with zero attached hydrogens (tertiary/aromatic N) is 4. The van der Waals surface area contributed by atoms with Crippen LogP contribution in [0.15, 0.2) is 12.4 Å². The number of halogens is 1. The van der Waals surface area contributed by atoms with Crippen molar-refractivity contribution >= 4 is 5.95 Å². The van der Waals surface area contributed by atoms with Gasteiger partial charge in [-0.05, 0) is 25.8 Å². The summed E-state index contributed by atoms with van der Waals surface area (Å²) in [4.78, 5) is 13.0. The minimum atomic E-state index is -0.378. The lowest BCUT2D eigenvalue weighted by atomic mass is 9.79. The van der Waals surface area contributed by atoms with Crippen LogP contribution in [0.25, 0.3) is 0 Å². The second-order valence-corrected chi connectivity index (χ2v) is 6.25. The van der Waals surface area contributed by atoms with E-state index in [2.05, 4.69) is 19.8 Å². The molecule has 0 radical (unpaired) electrons. The van der Waals surface area contributed by atoms with Gasteiger partial charge in [0.2, 0.25) is 5.95 Å². The Morgan fingerprint density at radius 1 is 1.24 bits per heavy atom. The van der Waals surface area contributed by atoms with Crippen LogP contribution in [0.1, 0.15) is 19.3 Å². The third kappa shape index (κ3) is 3.32. The van der Waals surface area contributed by atoms with E-state index in [1.54, 1.807) is 7.11 Å². The van der Waals surface area contributed by atoms with Crippen molar-refractivity contribution in [2.45, 2.75) is 19.3 Å². The lowest BCUT2D eigenvalue weighted by molar-refractivity contribution is 0.148. The molecule has 2 aliphatic heterocycles. The summed E-state index contributed by atoms with van der Waals surface area (Å²) in [5, 5.41) is 0. The van der Waals surface area contributed by atoms with Gasteiger partial charge in [-0.1, -0.05) is 0 Å². The summed E-state index contributed by atoms with van der Waals surface area (Å²) < 4.78 is 18.1. The number of likely N-dealkylation sites (tertiary alicyclic amines) is 1. The van der Waals surface area contributed by atoms with Crippen molar-refractivity contribution in [2.24, 2.45) is 5.41 Å². The largest absolute Gasteiger partial charge is 0.383 e. The Bertz CT molecular complexity index is 469. The fourth-order valence-electron chi connectivity index (χ4n) is 3.62. The van der Waals surface area contributed by atoms with E-state index >= 15 is 0 Å². The van der Waals surface area contributed by atoms with Gasteiger partial charge in [0.25, 0.3) is 0 Å². The SMILES string of the molecule is COCCN1CC[C@@]2(CCCN(c3ncc(F)cn3)C2)C1. The Balaban J connectivity index is 1.64. The van der Waals surface area contributed by atoms with E-state index in [1.165, 1.54) is 25.2 Å². The molecule has 21 heavy (non-hydrogen) atoms. The molecule has 3 heterocycles. The number of aromatic nitrogens is 2. The van der Waals surface area contributed by atoms with Crippen LogP contribution in [0, 0.1) is 11.2 Å². The molecule has 1 spiro atoms. The molecule has 2 saturated heterocycles. The first-order valence-electron chi connectivity index (χ1n) is 7.65. The minimum Gasteiger partial charge on any atom is -0.383 e. The normalized spacial score (nSPS) is 26.7. The number of hydrogen-bond donors (Lipinski definition) is 0. The molecule has 0 unspecified atom stereocenters. The van der Waals surface area contributed by atoms with E-state index in [9.17, 15) is 4.39 Å². The predicted octanol–water partition coefficient (Wildman–Crippen LogP) is 1.55. The summed E-state index contributed by atoms with van der Waals surface area (Å²) in [6, 6.07) is 0. The van der Waals surface area contributed by atoms with E-state index in [1.807, 2.05) is 0 Å². The molecule has 1 aromatic heterocycles. The van der Waals surface area contributed by atoms with E-state index in [0.717, 1.165) is 45.8 Å². The van der Waals surface area contributed by atoms with Gasteiger partial charge in [0.15, 0.2) is 5.82 Å². The molecule has 116 valence electrons. The smallest absolute Gasteiger partial charge is 0.225 e. The number of ether oxygens (including phenoxy) is 1. The maximum atomic E-state index is 13.0. The van der Waals surface area contributed by atoms with Crippen molar-refractivity contribution < 1.29 is 9.13 Å². The number of anilines is 1. The van der Waals surface area contributed by atoms with E-state index in [-0.39, 0.29) is 5.82 Å². The van der Waals surface area contributed by atoms with Crippen molar-refractivity contribution in [3.05, 3.63) is 18.2 Å². The molecule has 2 fully saturated rings. The quantitative estimate of drug-likeness (QED) is 0.843. The van der Waals surface area contributed by atoms with Crippen LogP contribution in [-0.4, -0.2) is 61.3 Å². The fraction of sp³-hybridized carbons (Fsp3) is 0.733. The van der Waals surface area contributed by atoms with Gasteiger partial charge in [-0.2, -0.15) is 0 Å². The molecule has 2 aliphatic rings. The monoisotopic (exact) mass is 294 g/mol. The van der Waals surface area contributed by atoms with Crippen LogP contribution >= 0.6 is 0 Å². The van der Waals surface area contributed by atoms with Crippen LogP contribution in [0.3, 0.4) is 0 Å². The van der Waals surface area contributed by atoms with Crippen molar-refractivity contribution in [1.82, 2.24) is 14.9 Å². The maximum absolute atomic E-state index is 13.0. The summed E-state index contributed by atoms with van der Waals surface area (Å²) in [6.45, 7) is 6.00. The van der Waals surface area contributed by atoms with E-state index in [4.69, 9.17) is 4.74 Å². The second-order valence-electron chi connectivity index (χ2n) is 6.25. The zero-order chi connectivity index (χ0) is 14.7. The highest BCUT2D eigenvalue weighted by Gasteiger charge is 2.41. The zero-order valence-electron chi connectivity index (χ0n) is 12.6. The van der Waals surface area contributed by atoms with Gasteiger partial charge in [0.1, 0.15) is 0 Å². The topological polar surface area (TPSA) is 41.5 Å². The highest BCUT2D eigenvalue weighted by Crippen LogP contribution is 2.39. The fourth-order valence-corrected chi connectivity index (χ4v) is 3.62. The summed E-state index contributed by atoms with van der Waals surface area (Å²) in [6.07, 6.45) is 6.13. The molecule has 1 aromatic rings. The van der Waals surface area contributed by atoms with Crippen molar-refractivity contribution in [3.8, 4) is 0 Å². The highest BCUT2D eigenvalue weighted by molar-refractivity contribution is 5.30. The Morgan fingerprint density at radius 2 is 2.05 bits per heavy atom. The van der Waals surface area contributed by atoms with Crippen molar-refractivity contribution in [3.63, 3.8) is 0 Å². The molecule has 0 saturated carbocycles. The first-order valence-corrected chi connectivity index (χ1v) is 7.65. The van der Waals surface area contributed by atoms with Crippen LogP contribution in [-0.2, 0) is 4.74 Å². The zero-order valence-corrected chi connectivity index (χ0v) is 12.6. The van der Waals surface area contributed by atoms with E-state index in [0.29, 0.717) is 11.4 Å². The Labute approximate surface area is 125 Å². The number of rotatable bonds is 4. The number of methoxy groups -OCH3 is 1. The molecule has 0 N–H and O–H groups in total. The van der Waals surface area contributed by atoms with Gasteiger partial charge in [-0.25, -0.2) is 14.4 Å². The highest BCUT2D eigenvalue weighted by atomic mass is 19.1. The molecule has 6 heteroatoms. The van der Waals surface area contributed by atoms with Gasteiger partial charge in [0.05, 0.1) is 19.0 Å². The summed E-state index contributed by atoms with van der Waals surface area (Å²) >= 11 is 0. The lowest BCUT2D eigenvalue weighted by Gasteiger charge is -2.40. The molecule has 3 rings (SSSR count). The minimum absolute atomic E-state index is 0.337. The average molecular weight is 294 g/mol. The van der Waals surface area contributed by atoms with Crippen LogP contribution in [0.4, 0.5) is 10.3 Å². The van der Waals surface area contributed by atoms with E-state index < -0.39 is 0 Å². The first kappa shape index (κ1) is 14.7. The molecule has 1 atom stereocenters. The van der Waals surface area contributed by atoms with Crippen LogP contribution in [0.5, 0.6) is 0 Å². The van der Waals surface area contributed by atoms with Gasteiger partial charge >= 0.3 is 0 Å². The Morgan fingerprint density at radius 3 is 2.81 bits per heavy atom. The molecule has 0 aromatic carbocycles. The van der Waals surface area contributed by atoms with Crippen molar-refractivity contribution in [2.75, 3.05) is 51.3 Å². The third-order valence-corrected chi connectivity index (χ3v) is 4.68. The molecule has 0 amide bonds. The first-order chi connectivity index (χ1) is 10.2. The van der Waals surface area contributed by atoms with Crippen LogP contribution < -0.4 is 4.90 Å². The van der Waals surface area contributed by atoms with Crippen LogP contribution in [0.2, 0.25) is 0 Å². The van der Waals surface area contributed by atoms with Crippen molar-refractivity contribution in [1.29, 1.82) is 0 Å². The second kappa shape index (κ2) is 6.23. The lowest BCUT2D eigenvalue weighted by Crippen LogP contribution is -2.45. The Hall–Kier alpha value is -1.27. The average Bonchev–Trinajstić information content (AvgIpc) is 2.88.